The number of ether oxygens (including phenoxy) is 2. The first-order chi connectivity index (χ1) is 27.6. The maximum atomic E-state index is 17.7. The predicted molar refractivity (Wildman–Crippen MR) is 208 cm³/mol. The maximum Gasteiger partial charge on any atom is 0.416 e. The van der Waals surface area contributed by atoms with E-state index in [-0.39, 0.29) is 60.5 Å². The van der Waals surface area contributed by atoms with Crippen molar-refractivity contribution in [1.82, 2.24) is 15.0 Å². The number of anilines is 1. The molecule has 3 heterocycles. The number of piperidine rings is 1. The van der Waals surface area contributed by atoms with Crippen molar-refractivity contribution in [2.45, 2.75) is 121 Å². The Hall–Kier alpha value is -4.52. The third kappa shape index (κ3) is 9.04. The van der Waals surface area contributed by atoms with Crippen molar-refractivity contribution in [3.63, 3.8) is 0 Å². The topological polar surface area (TPSA) is 77.4 Å². The Morgan fingerprint density at radius 1 is 0.914 bits per heavy atom. The number of methoxy groups -OCH3 is 1. The van der Waals surface area contributed by atoms with Gasteiger partial charge >= 0.3 is 6.18 Å². The van der Waals surface area contributed by atoms with Crippen LogP contribution >= 0.6 is 0 Å². The number of Topliss-reactive ketones (excluding diaryl/α,β-unsaturated/α-hetero) is 1. The fourth-order valence-electron chi connectivity index (χ4n) is 8.93. The normalized spacial score (nSPS) is 20.4. The molecule has 310 valence electrons. The lowest BCUT2D eigenvalue weighted by Gasteiger charge is -2.42. The van der Waals surface area contributed by atoms with Gasteiger partial charge in [0.1, 0.15) is 5.75 Å². The molecule has 2 aromatic heterocycles. The number of hydrogen-bond donors (Lipinski definition) is 0. The minimum atomic E-state index is -4.61. The number of pyridine rings is 1. The number of fused-ring (bicyclic) bond motifs is 1. The maximum absolute atomic E-state index is 17.7. The summed E-state index contributed by atoms with van der Waals surface area (Å²) in [4.78, 5) is 28.4. The van der Waals surface area contributed by atoms with Crippen molar-refractivity contribution in [3.05, 3.63) is 111 Å². The van der Waals surface area contributed by atoms with Gasteiger partial charge in [-0.25, -0.2) is 23.1 Å². The molecule has 58 heavy (non-hydrogen) atoms. The lowest BCUT2D eigenvalue weighted by atomic mass is 9.68. The Labute approximate surface area is 335 Å². The smallest absolute Gasteiger partial charge is 0.416 e. The molecule has 2 atom stereocenters. The molecular weight excluding hydrogens is 759 g/mol. The molecule has 13 heteroatoms. The summed E-state index contributed by atoms with van der Waals surface area (Å²) in [5.41, 5.74) is 3.10. The van der Waals surface area contributed by atoms with Gasteiger partial charge in [-0.15, -0.1) is 0 Å². The molecule has 2 fully saturated rings. The molecule has 0 N–H and O–H groups in total. The third-order valence-electron chi connectivity index (χ3n) is 12.1. The number of ketones is 1. The average Bonchev–Trinajstić information content (AvgIpc) is 3.21. The highest BCUT2D eigenvalue weighted by molar-refractivity contribution is 5.95. The molecule has 4 aromatic rings. The summed E-state index contributed by atoms with van der Waals surface area (Å²) in [5, 5.41) is 0. The van der Waals surface area contributed by atoms with Gasteiger partial charge < -0.3 is 14.4 Å². The standard InChI is InChI=1S/C45H50F6N4O3/c1-5-35(56)31-24-52-42(53-25-31)55-20-16-30(17-21-55)41-39(40(46)29-8-10-32(11-9-29)45(49,50)51)37(28-14-18-44(47,48)19-15-28)38-34(54-41)22-43(2,3)23-36(38)58-26-27-6-12-33(57-4)13-7-27/h6-13,24-25,28,30,36,40H,5,14-23,26H2,1-4H3/t36-,40-/m0/s1. The van der Waals surface area contributed by atoms with E-state index in [1.54, 1.807) is 14.0 Å². The quantitative estimate of drug-likeness (QED) is 0.110. The molecule has 2 aliphatic carbocycles. The van der Waals surface area contributed by atoms with Crippen molar-refractivity contribution in [2.75, 3.05) is 25.1 Å². The van der Waals surface area contributed by atoms with Crippen LogP contribution in [0.15, 0.2) is 60.9 Å². The first-order valence-corrected chi connectivity index (χ1v) is 20.2. The van der Waals surface area contributed by atoms with E-state index < -0.39 is 35.9 Å². The molecule has 0 amide bonds. The first-order valence-electron chi connectivity index (χ1n) is 20.2. The Bertz CT molecular complexity index is 2050. The summed E-state index contributed by atoms with van der Waals surface area (Å²) >= 11 is 0. The number of benzene rings is 2. The molecule has 0 spiro atoms. The van der Waals surface area contributed by atoms with Crippen LogP contribution in [0, 0.1) is 5.41 Å². The Morgan fingerprint density at radius 2 is 1.55 bits per heavy atom. The van der Waals surface area contributed by atoms with Crippen LogP contribution in [0.5, 0.6) is 5.75 Å². The summed E-state index contributed by atoms with van der Waals surface area (Å²) in [6.45, 7) is 7.28. The second-order valence-electron chi connectivity index (χ2n) is 16.8. The van der Waals surface area contributed by atoms with Crippen LogP contribution in [-0.4, -0.2) is 46.9 Å². The van der Waals surface area contributed by atoms with E-state index >= 15 is 4.39 Å². The lowest BCUT2D eigenvalue weighted by Crippen LogP contribution is -2.36. The minimum absolute atomic E-state index is 0.0396. The fourth-order valence-corrected chi connectivity index (χ4v) is 8.93. The van der Waals surface area contributed by atoms with Crippen LogP contribution in [0.4, 0.5) is 32.3 Å². The molecule has 1 saturated heterocycles. The number of carbonyl (C=O) groups excluding carboxylic acids is 1. The van der Waals surface area contributed by atoms with Gasteiger partial charge in [0.25, 0.3) is 0 Å². The number of aromatic nitrogens is 3. The van der Waals surface area contributed by atoms with E-state index in [1.165, 1.54) is 24.5 Å². The van der Waals surface area contributed by atoms with E-state index in [1.807, 2.05) is 29.2 Å². The highest BCUT2D eigenvalue weighted by atomic mass is 19.4. The zero-order valence-electron chi connectivity index (χ0n) is 33.3. The van der Waals surface area contributed by atoms with E-state index in [0.29, 0.717) is 73.7 Å². The van der Waals surface area contributed by atoms with Crippen molar-refractivity contribution in [1.29, 1.82) is 0 Å². The molecule has 0 radical (unpaired) electrons. The summed E-state index contributed by atoms with van der Waals surface area (Å²) in [7, 11) is 1.59. The fraction of sp³-hybridized carbons (Fsp3) is 0.511. The molecule has 3 aliphatic rings. The monoisotopic (exact) mass is 808 g/mol. The van der Waals surface area contributed by atoms with Crippen LogP contribution in [-0.2, 0) is 23.9 Å². The Morgan fingerprint density at radius 3 is 2.14 bits per heavy atom. The number of rotatable bonds is 11. The summed E-state index contributed by atoms with van der Waals surface area (Å²) in [6.07, 6.45) is -1.90. The Balaban J connectivity index is 1.34. The van der Waals surface area contributed by atoms with E-state index in [9.17, 15) is 26.7 Å². The molecular formula is C45H50F6N4O3. The molecule has 7 nitrogen and oxygen atoms in total. The van der Waals surface area contributed by atoms with E-state index in [4.69, 9.17) is 14.5 Å². The van der Waals surface area contributed by atoms with Gasteiger partial charge in [-0.1, -0.05) is 45.0 Å². The summed E-state index contributed by atoms with van der Waals surface area (Å²) < 4.78 is 100. The predicted octanol–water partition coefficient (Wildman–Crippen LogP) is 11.5. The van der Waals surface area contributed by atoms with Crippen molar-refractivity contribution in [2.24, 2.45) is 5.41 Å². The summed E-state index contributed by atoms with van der Waals surface area (Å²) in [5.74, 6) is -2.43. The van der Waals surface area contributed by atoms with Gasteiger partial charge in [0.2, 0.25) is 11.9 Å². The van der Waals surface area contributed by atoms with Gasteiger partial charge in [-0.3, -0.25) is 9.78 Å². The van der Waals surface area contributed by atoms with Crippen LogP contribution in [0.1, 0.15) is 151 Å². The zero-order valence-corrected chi connectivity index (χ0v) is 33.3. The second-order valence-corrected chi connectivity index (χ2v) is 16.8. The lowest BCUT2D eigenvalue weighted by molar-refractivity contribution is -0.137. The highest BCUT2D eigenvalue weighted by Gasteiger charge is 2.44. The second kappa shape index (κ2) is 16.6. The number of halogens is 6. The van der Waals surface area contributed by atoms with Gasteiger partial charge in [0.05, 0.1) is 36.6 Å². The molecule has 0 bridgehead atoms. The van der Waals surface area contributed by atoms with E-state index in [0.717, 1.165) is 29.0 Å². The molecule has 2 aromatic carbocycles. The molecule has 7 rings (SSSR count). The van der Waals surface area contributed by atoms with Crippen LogP contribution in [0.3, 0.4) is 0 Å². The van der Waals surface area contributed by atoms with Gasteiger partial charge in [-0.05, 0) is 90.8 Å². The first kappa shape index (κ1) is 41.6. The largest absolute Gasteiger partial charge is 0.497 e. The van der Waals surface area contributed by atoms with Gasteiger partial charge in [-0.2, -0.15) is 13.2 Å². The number of carbonyl (C=O) groups is 1. The van der Waals surface area contributed by atoms with Crippen LogP contribution < -0.4 is 9.64 Å². The van der Waals surface area contributed by atoms with Crippen molar-refractivity contribution in [3.8, 4) is 5.75 Å². The third-order valence-corrected chi connectivity index (χ3v) is 12.1. The van der Waals surface area contributed by atoms with Gasteiger partial charge in [0.15, 0.2) is 12.0 Å². The number of nitrogens with zero attached hydrogens (tertiary/aromatic N) is 4. The highest BCUT2D eigenvalue weighted by Crippen LogP contribution is 2.53. The molecule has 1 aliphatic heterocycles. The number of hydrogen-bond acceptors (Lipinski definition) is 7. The van der Waals surface area contributed by atoms with Crippen LogP contribution in [0.2, 0.25) is 0 Å². The van der Waals surface area contributed by atoms with Crippen molar-refractivity contribution < 1.29 is 40.6 Å². The van der Waals surface area contributed by atoms with E-state index in [2.05, 4.69) is 23.8 Å². The number of alkyl halides is 6. The zero-order chi connectivity index (χ0) is 41.4. The van der Waals surface area contributed by atoms with Gasteiger partial charge in [0, 0.05) is 67.5 Å². The minimum Gasteiger partial charge on any atom is -0.497 e. The van der Waals surface area contributed by atoms with Crippen LogP contribution in [0.25, 0.3) is 0 Å². The molecule has 0 unspecified atom stereocenters. The Kier molecular flexibility index (Phi) is 11.9. The van der Waals surface area contributed by atoms with Crippen molar-refractivity contribution >= 4 is 11.7 Å². The summed E-state index contributed by atoms with van der Waals surface area (Å²) in [6, 6.07) is 11.6. The average molecular weight is 809 g/mol. The SMILES string of the molecule is CCC(=O)c1cnc(N2CCC(c3nc4c(c(C5CCC(F)(F)CC5)c3[C@@H](F)c3ccc(C(F)(F)F)cc3)[C@@H](OCc3ccc(OC)cc3)CC(C)(C)C4)CC2)nc1. The molecule has 1 saturated carbocycles.